The number of benzene rings is 2. The van der Waals surface area contributed by atoms with Crippen LogP contribution in [-0.4, -0.2) is 66.6 Å². The van der Waals surface area contributed by atoms with E-state index in [1.807, 2.05) is 60.7 Å². The number of carbonyl (C=O) groups is 3. The minimum atomic E-state index is -1.59. The quantitative estimate of drug-likeness (QED) is 0.205. The van der Waals surface area contributed by atoms with Crippen molar-refractivity contribution in [1.29, 1.82) is 0 Å². The molecule has 3 rings (SSSR count). The molecule has 1 aliphatic rings. The zero-order valence-electron chi connectivity index (χ0n) is 26.1. The summed E-state index contributed by atoms with van der Waals surface area (Å²) in [6.07, 6.45) is 0.810. The number of amides is 1. The summed E-state index contributed by atoms with van der Waals surface area (Å²) in [4.78, 5) is 40.9. The summed E-state index contributed by atoms with van der Waals surface area (Å²) < 4.78 is 36.6. The Morgan fingerprint density at radius 3 is 2.21 bits per heavy atom. The molecule has 8 nitrogen and oxygen atoms in total. The van der Waals surface area contributed by atoms with Crippen LogP contribution in [-0.2, 0) is 41.6 Å². The molecule has 1 amide bonds. The molecule has 0 saturated carbocycles. The summed E-state index contributed by atoms with van der Waals surface area (Å²) in [6.45, 7) is 9.15. The second kappa shape index (κ2) is 15.1. The van der Waals surface area contributed by atoms with E-state index in [9.17, 15) is 18.8 Å². The summed E-state index contributed by atoms with van der Waals surface area (Å²) in [5.41, 5.74) is 1.38. The fourth-order valence-electron chi connectivity index (χ4n) is 4.48. The highest BCUT2D eigenvalue weighted by Crippen LogP contribution is 2.24. The van der Waals surface area contributed by atoms with Crippen molar-refractivity contribution in [3.05, 3.63) is 77.4 Å². The van der Waals surface area contributed by atoms with Gasteiger partial charge in [0.05, 0.1) is 13.2 Å². The van der Waals surface area contributed by atoms with Gasteiger partial charge in [-0.2, -0.15) is 0 Å². The highest BCUT2D eigenvalue weighted by Gasteiger charge is 2.36. The number of hydrogen-bond donors (Lipinski definition) is 0. The molecule has 0 bridgehead atoms. The molecule has 234 valence electrons. The van der Waals surface area contributed by atoms with E-state index in [0.29, 0.717) is 13.2 Å². The number of likely N-dealkylation sites (N-methyl/N-ethyl adjacent to an activating group) is 1. The summed E-state index contributed by atoms with van der Waals surface area (Å²) >= 11 is 0. The largest absolute Gasteiger partial charge is 0.458 e. The van der Waals surface area contributed by atoms with Crippen molar-refractivity contribution < 1.29 is 37.7 Å². The molecule has 9 heteroatoms. The lowest BCUT2D eigenvalue weighted by Gasteiger charge is -2.31. The SMILES string of the molecule is CN(C(=O)OC(C)(C)C)[C@@H](CCC(C)(C)F)C(=O)O[C@H](Cc1ccc(C2=CCOCC2)cc1)C(=O)OCc1ccccc1. The van der Waals surface area contributed by atoms with Gasteiger partial charge in [0.15, 0.2) is 0 Å². The second-order valence-corrected chi connectivity index (χ2v) is 12.3. The average Bonchev–Trinajstić information content (AvgIpc) is 2.95. The molecule has 0 spiro atoms. The van der Waals surface area contributed by atoms with E-state index < -0.39 is 41.4 Å². The van der Waals surface area contributed by atoms with Gasteiger partial charge in [0.25, 0.3) is 0 Å². The predicted octanol–water partition coefficient (Wildman–Crippen LogP) is 6.45. The molecule has 0 saturated heterocycles. The normalized spacial score (nSPS) is 15.1. The number of carbonyl (C=O) groups excluding carboxylic acids is 3. The fourth-order valence-corrected chi connectivity index (χ4v) is 4.48. The van der Waals surface area contributed by atoms with E-state index in [4.69, 9.17) is 18.9 Å². The molecule has 2 atom stereocenters. The third-order valence-corrected chi connectivity index (χ3v) is 6.89. The van der Waals surface area contributed by atoms with Gasteiger partial charge in [-0.05, 0) is 76.1 Å². The Balaban J connectivity index is 1.82. The third kappa shape index (κ3) is 11.5. The Morgan fingerprint density at radius 1 is 0.953 bits per heavy atom. The molecule has 2 aromatic carbocycles. The Morgan fingerprint density at radius 2 is 1.63 bits per heavy atom. The van der Waals surface area contributed by atoms with Crippen molar-refractivity contribution in [2.45, 2.75) is 90.3 Å². The van der Waals surface area contributed by atoms with Crippen LogP contribution in [0.5, 0.6) is 0 Å². The van der Waals surface area contributed by atoms with Crippen molar-refractivity contribution in [3.8, 4) is 0 Å². The molecule has 2 aromatic rings. The first-order valence-electron chi connectivity index (χ1n) is 14.6. The van der Waals surface area contributed by atoms with Crippen LogP contribution in [0.15, 0.2) is 60.7 Å². The van der Waals surface area contributed by atoms with Gasteiger partial charge in [-0.1, -0.05) is 60.7 Å². The molecule has 0 N–H and O–H groups in total. The molecule has 0 aromatic heterocycles. The molecular formula is C34H44FNO7. The molecule has 43 heavy (non-hydrogen) atoms. The minimum Gasteiger partial charge on any atom is -0.458 e. The number of esters is 2. The van der Waals surface area contributed by atoms with Crippen molar-refractivity contribution in [2.24, 2.45) is 0 Å². The number of nitrogens with zero attached hydrogens (tertiary/aromatic N) is 1. The van der Waals surface area contributed by atoms with Crippen LogP contribution in [0.4, 0.5) is 9.18 Å². The van der Waals surface area contributed by atoms with Crippen LogP contribution in [0.1, 0.15) is 70.6 Å². The Hall–Kier alpha value is -3.72. The third-order valence-electron chi connectivity index (χ3n) is 6.89. The Bertz CT molecular complexity index is 1250. The smallest absolute Gasteiger partial charge is 0.410 e. The van der Waals surface area contributed by atoms with Crippen LogP contribution in [0.3, 0.4) is 0 Å². The number of rotatable bonds is 12. The van der Waals surface area contributed by atoms with Crippen LogP contribution in [0, 0.1) is 0 Å². The van der Waals surface area contributed by atoms with Crippen LogP contribution >= 0.6 is 0 Å². The van der Waals surface area contributed by atoms with Crippen LogP contribution in [0.2, 0.25) is 0 Å². The number of halogens is 1. The van der Waals surface area contributed by atoms with E-state index in [-0.39, 0.29) is 25.9 Å². The standard InChI is InChI=1S/C34H44FNO7/c1-33(2,3)43-32(39)36(6)28(16-19-34(4,5)35)30(37)42-29(31(38)41-23-25-10-8-7-9-11-25)22-24-12-14-26(15-13-24)27-17-20-40-21-18-27/h7-15,17,28-29H,16,18-23H2,1-6H3/t28-,29+/m0/s1. The summed E-state index contributed by atoms with van der Waals surface area (Å²) in [5, 5.41) is 0. The van der Waals surface area contributed by atoms with Gasteiger partial charge in [0.1, 0.15) is 23.9 Å². The summed E-state index contributed by atoms with van der Waals surface area (Å²) in [6, 6.07) is 15.7. The lowest BCUT2D eigenvalue weighted by molar-refractivity contribution is -0.171. The number of alkyl halides is 1. The zero-order chi connectivity index (χ0) is 31.6. The van der Waals surface area contributed by atoms with Gasteiger partial charge in [-0.3, -0.25) is 4.90 Å². The van der Waals surface area contributed by atoms with Crippen molar-refractivity contribution in [3.63, 3.8) is 0 Å². The molecule has 0 radical (unpaired) electrons. The van der Waals surface area contributed by atoms with Gasteiger partial charge in [-0.15, -0.1) is 0 Å². The van der Waals surface area contributed by atoms with Gasteiger partial charge in [0, 0.05) is 13.5 Å². The topological polar surface area (TPSA) is 91.4 Å². The van der Waals surface area contributed by atoms with E-state index in [1.54, 1.807) is 20.8 Å². The van der Waals surface area contributed by atoms with E-state index in [0.717, 1.165) is 28.0 Å². The zero-order valence-corrected chi connectivity index (χ0v) is 26.1. The maximum atomic E-state index is 14.5. The molecule has 1 aliphatic heterocycles. The maximum absolute atomic E-state index is 14.5. The molecule has 0 aliphatic carbocycles. The van der Waals surface area contributed by atoms with Gasteiger partial charge < -0.3 is 18.9 Å². The first-order valence-corrected chi connectivity index (χ1v) is 14.6. The summed E-state index contributed by atoms with van der Waals surface area (Å²) in [5.74, 6) is -1.57. The highest BCUT2D eigenvalue weighted by atomic mass is 19.1. The van der Waals surface area contributed by atoms with E-state index in [2.05, 4.69) is 0 Å². The maximum Gasteiger partial charge on any atom is 0.410 e. The van der Waals surface area contributed by atoms with E-state index in [1.165, 1.54) is 26.5 Å². The molecule has 0 fully saturated rings. The molecule has 0 unspecified atom stereocenters. The Kier molecular flexibility index (Phi) is 11.9. The number of hydrogen-bond acceptors (Lipinski definition) is 7. The number of ether oxygens (including phenoxy) is 4. The van der Waals surface area contributed by atoms with Gasteiger partial charge >= 0.3 is 18.0 Å². The average molecular weight is 598 g/mol. The van der Waals surface area contributed by atoms with Gasteiger partial charge in [-0.25, -0.2) is 18.8 Å². The highest BCUT2D eigenvalue weighted by molar-refractivity contribution is 5.85. The monoisotopic (exact) mass is 597 g/mol. The predicted molar refractivity (Wildman–Crippen MR) is 162 cm³/mol. The first kappa shape index (κ1) is 33.8. The van der Waals surface area contributed by atoms with Crippen LogP contribution in [0.25, 0.3) is 5.57 Å². The van der Waals surface area contributed by atoms with Gasteiger partial charge in [0.2, 0.25) is 6.10 Å². The fraction of sp³-hybridized carbons (Fsp3) is 0.500. The van der Waals surface area contributed by atoms with E-state index >= 15 is 0 Å². The lowest BCUT2D eigenvalue weighted by atomic mass is 9.98. The molecule has 1 heterocycles. The first-order chi connectivity index (χ1) is 20.2. The second-order valence-electron chi connectivity index (χ2n) is 12.3. The molecular weight excluding hydrogens is 553 g/mol. The summed E-state index contributed by atoms with van der Waals surface area (Å²) in [7, 11) is 1.40. The lowest BCUT2D eigenvalue weighted by Crippen LogP contribution is -2.47. The van der Waals surface area contributed by atoms with Crippen molar-refractivity contribution in [2.75, 3.05) is 20.3 Å². The Labute approximate surface area is 254 Å². The minimum absolute atomic E-state index is 0.000167. The van der Waals surface area contributed by atoms with Crippen molar-refractivity contribution >= 4 is 23.6 Å². The van der Waals surface area contributed by atoms with Crippen LogP contribution < -0.4 is 0 Å². The van der Waals surface area contributed by atoms with Crippen molar-refractivity contribution in [1.82, 2.24) is 4.90 Å².